The highest BCUT2D eigenvalue weighted by Crippen LogP contribution is 2.34. The van der Waals surface area contributed by atoms with Gasteiger partial charge in [-0.3, -0.25) is 4.99 Å². The van der Waals surface area contributed by atoms with Crippen molar-refractivity contribution < 1.29 is 0 Å². The summed E-state index contributed by atoms with van der Waals surface area (Å²) in [6.07, 6.45) is 6.58. The van der Waals surface area contributed by atoms with Gasteiger partial charge in [0.2, 0.25) is 0 Å². The largest absolute Gasteiger partial charge is 0.362 e. The van der Waals surface area contributed by atoms with Crippen molar-refractivity contribution in [2.45, 2.75) is 57.5 Å². The lowest BCUT2D eigenvalue weighted by Gasteiger charge is -2.35. The molecule has 1 unspecified atom stereocenters. The van der Waals surface area contributed by atoms with Crippen molar-refractivity contribution >= 4 is 16.9 Å². The fraction of sp³-hybridized carbons (Fsp3) is 0.933. The highest BCUT2D eigenvalue weighted by molar-refractivity contribution is 8.13. The van der Waals surface area contributed by atoms with E-state index in [9.17, 15) is 0 Å². The zero-order valence-corrected chi connectivity index (χ0v) is 13.7. The molecule has 3 nitrogen and oxygen atoms in total. The highest BCUT2D eigenvalue weighted by atomic mass is 32.2. The summed E-state index contributed by atoms with van der Waals surface area (Å²) < 4.78 is 0. The van der Waals surface area contributed by atoms with E-state index in [-0.39, 0.29) is 0 Å². The Morgan fingerprint density at radius 3 is 2.63 bits per heavy atom. The number of aliphatic imine (C=N–C) groups is 1. The summed E-state index contributed by atoms with van der Waals surface area (Å²) in [5, 5.41) is 4.81. The van der Waals surface area contributed by atoms with Crippen molar-refractivity contribution in [1.29, 1.82) is 0 Å². The van der Waals surface area contributed by atoms with Gasteiger partial charge in [-0.15, -0.1) is 0 Å². The fourth-order valence-electron chi connectivity index (χ4n) is 3.15. The average Bonchev–Trinajstić information content (AvgIpc) is 2.87. The van der Waals surface area contributed by atoms with Gasteiger partial charge in [-0.05, 0) is 39.3 Å². The van der Waals surface area contributed by atoms with Crippen LogP contribution in [0.25, 0.3) is 0 Å². The van der Waals surface area contributed by atoms with Crippen molar-refractivity contribution in [1.82, 2.24) is 10.2 Å². The molecule has 4 heteroatoms. The molecule has 110 valence electrons. The minimum Gasteiger partial charge on any atom is -0.362 e. The first kappa shape index (κ1) is 15.2. The molecule has 0 spiro atoms. The molecule has 19 heavy (non-hydrogen) atoms. The predicted octanol–water partition coefficient (Wildman–Crippen LogP) is 2.97. The quantitative estimate of drug-likeness (QED) is 0.859. The Morgan fingerprint density at radius 1 is 1.37 bits per heavy atom. The Morgan fingerprint density at radius 2 is 2.05 bits per heavy atom. The summed E-state index contributed by atoms with van der Waals surface area (Å²) in [6.45, 7) is 5.55. The van der Waals surface area contributed by atoms with Crippen LogP contribution in [0.2, 0.25) is 0 Å². The molecule has 1 aliphatic carbocycles. The van der Waals surface area contributed by atoms with Gasteiger partial charge in [0.05, 0.1) is 6.54 Å². The molecule has 1 saturated heterocycles. The highest BCUT2D eigenvalue weighted by Gasteiger charge is 2.36. The number of likely N-dealkylation sites (N-methyl/N-ethyl adjacent to an activating group) is 1. The van der Waals surface area contributed by atoms with Crippen molar-refractivity contribution in [3.63, 3.8) is 0 Å². The Bertz CT molecular complexity index is 319. The number of hydrogen-bond donors (Lipinski definition) is 1. The molecule has 1 atom stereocenters. The third kappa shape index (κ3) is 3.66. The molecular weight excluding hydrogens is 254 g/mol. The van der Waals surface area contributed by atoms with Gasteiger partial charge in [-0.2, -0.15) is 0 Å². The smallest absolute Gasteiger partial charge is 0.156 e. The molecule has 1 aliphatic heterocycles. The second-order valence-electron chi connectivity index (χ2n) is 6.58. The third-order valence-electron chi connectivity index (χ3n) is 4.78. The van der Waals surface area contributed by atoms with Crippen LogP contribution in [0.1, 0.15) is 46.0 Å². The lowest BCUT2D eigenvalue weighted by molar-refractivity contribution is 0.167. The second-order valence-corrected chi connectivity index (χ2v) is 7.66. The Kier molecular flexibility index (Phi) is 5.18. The molecule has 1 N–H and O–H groups in total. The van der Waals surface area contributed by atoms with Crippen molar-refractivity contribution in [3.8, 4) is 0 Å². The standard InChI is InChI=1S/C15H29N3S/c1-12(2)13-7-10-19-14(17-13)16-11-15(18(3)4)8-5-6-9-15/h12-13H,5-11H2,1-4H3,(H,16,17). The summed E-state index contributed by atoms with van der Waals surface area (Å²) in [4.78, 5) is 7.32. The zero-order chi connectivity index (χ0) is 13.9. The first-order chi connectivity index (χ1) is 9.03. The second kappa shape index (κ2) is 6.49. The van der Waals surface area contributed by atoms with Crippen LogP contribution in [-0.2, 0) is 0 Å². The molecule has 0 radical (unpaired) electrons. The van der Waals surface area contributed by atoms with E-state index in [2.05, 4.69) is 38.2 Å². The average molecular weight is 283 g/mol. The maximum atomic E-state index is 4.92. The molecule has 0 aromatic heterocycles. The van der Waals surface area contributed by atoms with Gasteiger partial charge in [-0.25, -0.2) is 0 Å². The van der Waals surface area contributed by atoms with E-state index >= 15 is 0 Å². The monoisotopic (exact) mass is 283 g/mol. The van der Waals surface area contributed by atoms with Crippen molar-refractivity contribution in [3.05, 3.63) is 0 Å². The molecule has 2 aliphatic rings. The molecule has 0 amide bonds. The predicted molar refractivity (Wildman–Crippen MR) is 86.0 cm³/mol. The van der Waals surface area contributed by atoms with Crippen LogP contribution in [0.15, 0.2) is 4.99 Å². The molecule has 2 rings (SSSR count). The zero-order valence-electron chi connectivity index (χ0n) is 12.9. The SMILES string of the molecule is CC(C)C1CCSC(=NCC2(N(C)C)CCCC2)N1. The van der Waals surface area contributed by atoms with Gasteiger partial charge in [0, 0.05) is 17.3 Å². The molecule has 0 aromatic rings. The first-order valence-electron chi connectivity index (χ1n) is 7.65. The van der Waals surface area contributed by atoms with Crippen LogP contribution < -0.4 is 5.32 Å². The molecule has 0 bridgehead atoms. The van der Waals surface area contributed by atoms with Gasteiger partial charge in [0.1, 0.15) is 0 Å². The number of thioether (sulfide) groups is 1. The summed E-state index contributed by atoms with van der Waals surface area (Å²) in [5.41, 5.74) is 0.319. The Hall–Kier alpha value is -0.220. The summed E-state index contributed by atoms with van der Waals surface area (Å²) in [6, 6.07) is 0.610. The minimum absolute atomic E-state index is 0.319. The number of rotatable bonds is 4. The number of amidine groups is 1. The van der Waals surface area contributed by atoms with Crippen LogP contribution in [0.3, 0.4) is 0 Å². The number of nitrogens with zero attached hydrogens (tertiary/aromatic N) is 2. The van der Waals surface area contributed by atoms with Gasteiger partial charge in [0.15, 0.2) is 5.17 Å². The molecule has 2 fully saturated rings. The molecule has 0 aromatic carbocycles. The van der Waals surface area contributed by atoms with Gasteiger partial charge in [0.25, 0.3) is 0 Å². The van der Waals surface area contributed by atoms with E-state index in [4.69, 9.17) is 4.99 Å². The van der Waals surface area contributed by atoms with Crippen molar-refractivity contribution in [2.75, 3.05) is 26.4 Å². The Balaban J connectivity index is 1.97. The van der Waals surface area contributed by atoms with E-state index in [1.54, 1.807) is 0 Å². The summed E-state index contributed by atoms with van der Waals surface area (Å²) >= 11 is 1.90. The van der Waals surface area contributed by atoms with Gasteiger partial charge >= 0.3 is 0 Å². The van der Waals surface area contributed by atoms with E-state index in [0.717, 1.165) is 6.54 Å². The van der Waals surface area contributed by atoms with Crippen LogP contribution in [0.5, 0.6) is 0 Å². The van der Waals surface area contributed by atoms with Crippen LogP contribution in [0, 0.1) is 5.92 Å². The molecular formula is C15H29N3S. The molecule has 1 heterocycles. The topological polar surface area (TPSA) is 27.6 Å². The summed E-state index contributed by atoms with van der Waals surface area (Å²) in [5.74, 6) is 1.91. The van der Waals surface area contributed by atoms with Gasteiger partial charge < -0.3 is 10.2 Å². The lowest BCUT2D eigenvalue weighted by atomic mass is 9.96. The Labute approximate surface area is 122 Å². The molecule has 1 saturated carbocycles. The van der Waals surface area contributed by atoms with Crippen LogP contribution >= 0.6 is 11.8 Å². The fourth-order valence-corrected chi connectivity index (χ4v) is 4.10. The number of nitrogens with one attached hydrogen (secondary N) is 1. The van der Waals surface area contributed by atoms with E-state index in [1.165, 1.54) is 43.0 Å². The minimum atomic E-state index is 0.319. The normalized spacial score (nSPS) is 29.2. The lowest BCUT2D eigenvalue weighted by Crippen LogP contribution is -2.46. The third-order valence-corrected chi connectivity index (χ3v) is 5.74. The van der Waals surface area contributed by atoms with Crippen LogP contribution in [-0.4, -0.2) is 48.0 Å². The van der Waals surface area contributed by atoms with E-state index in [1.807, 2.05) is 11.8 Å². The van der Waals surface area contributed by atoms with Gasteiger partial charge in [-0.1, -0.05) is 38.5 Å². The van der Waals surface area contributed by atoms with E-state index < -0.39 is 0 Å². The van der Waals surface area contributed by atoms with E-state index in [0.29, 0.717) is 17.5 Å². The van der Waals surface area contributed by atoms with Crippen LogP contribution in [0.4, 0.5) is 0 Å². The maximum Gasteiger partial charge on any atom is 0.156 e. The van der Waals surface area contributed by atoms with Crippen molar-refractivity contribution in [2.24, 2.45) is 10.9 Å². The first-order valence-corrected chi connectivity index (χ1v) is 8.63. The number of hydrogen-bond acceptors (Lipinski definition) is 3. The maximum absolute atomic E-state index is 4.92. The summed E-state index contributed by atoms with van der Waals surface area (Å²) in [7, 11) is 4.42.